The summed E-state index contributed by atoms with van der Waals surface area (Å²) in [5, 5.41) is 0. The van der Waals surface area contributed by atoms with Crippen molar-refractivity contribution in [3.8, 4) is 0 Å². The van der Waals surface area contributed by atoms with Crippen LogP contribution in [0.2, 0.25) is 0 Å². The molecule has 1 saturated heterocycles. The van der Waals surface area contributed by atoms with Gasteiger partial charge in [0.15, 0.2) is 10.1 Å². The van der Waals surface area contributed by atoms with E-state index in [4.69, 9.17) is 13.0 Å². The van der Waals surface area contributed by atoms with Crippen molar-refractivity contribution in [2.24, 2.45) is 0 Å². The van der Waals surface area contributed by atoms with Gasteiger partial charge in [0, 0.05) is 20.6 Å². The molecule has 0 N–H and O–H groups in total. The van der Waals surface area contributed by atoms with Crippen LogP contribution in [0.15, 0.2) is 60.7 Å². The molecule has 0 aromatic heterocycles. The fourth-order valence-electron chi connectivity index (χ4n) is 3.65. The highest BCUT2D eigenvalue weighted by Crippen LogP contribution is 2.80. The van der Waals surface area contributed by atoms with Crippen LogP contribution >= 0.6 is 7.26 Å². The molecule has 3 nitrogen and oxygen atoms in total. The summed E-state index contributed by atoms with van der Waals surface area (Å²) in [6.45, 7) is 5.10. The van der Waals surface area contributed by atoms with E-state index >= 15 is 0 Å². The summed E-state index contributed by atoms with van der Waals surface area (Å²) >= 11 is 0. The molecule has 2 aromatic carbocycles. The van der Waals surface area contributed by atoms with E-state index in [0.29, 0.717) is 0 Å². The minimum atomic E-state index is -6.09. The van der Waals surface area contributed by atoms with Gasteiger partial charge < -0.3 is 4.55 Å². The quantitative estimate of drug-likeness (QED) is 0.363. The number of rotatable bonds is 2. The molecule has 0 spiro atoms. The van der Waals surface area contributed by atoms with Crippen LogP contribution in [0, 0.1) is 0 Å². The molecule has 0 amide bonds. The molecule has 148 valence electrons. The largest absolute Gasteiger partial charge is 0.741 e. The lowest BCUT2D eigenvalue weighted by atomic mass is 10.0. The van der Waals surface area contributed by atoms with Crippen LogP contribution in [0.5, 0.6) is 0 Å². The van der Waals surface area contributed by atoms with Crippen LogP contribution in [0.4, 0.5) is 13.2 Å². The fraction of sp³-hybridized carbons (Fsp3) is 0.368. The molecule has 1 aliphatic rings. The van der Waals surface area contributed by atoms with Gasteiger partial charge in [-0.1, -0.05) is 60.7 Å². The summed E-state index contributed by atoms with van der Waals surface area (Å²) in [7, 11) is -7.05. The maximum atomic E-state index is 10.7. The Labute approximate surface area is 158 Å². The van der Waals surface area contributed by atoms with Gasteiger partial charge in [-0.25, -0.2) is 8.42 Å². The Hall–Kier alpha value is -1.43. The molecule has 1 heterocycles. The number of alkyl halides is 3. The summed E-state index contributed by atoms with van der Waals surface area (Å²) in [5.41, 5.74) is -0.955. The first-order chi connectivity index (χ1) is 12.4. The molecule has 1 aliphatic heterocycles. The first-order valence-electron chi connectivity index (χ1n) is 8.40. The summed E-state index contributed by atoms with van der Waals surface area (Å²) in [6, 6.07) is 22.3. The molecule has 3 rings (SSSR count). The van der Waals surface area contributed by atoms with Gasteiger partial charge in [0.25, 0.3) is 0 Å². The van der Waals surface area contributed by atoms with Crippen molar-refractivity contribution < 1.29 is 26.1 Å². The molecule has 0 saturated carbocycles. The van der Waals surface area contributed by atoms with Gasteiger partial charge in [-0.2, -0.15) is 13.2 Å². The van der Waals surface area contributed by atoms with Crippen molar-refractivity contribution in [3.63, 3.8) is 0 Å². The van der Waals surface area contributed by atoms with E-state index in [1.165, 1.54) is 12.8 Å². The van der Waals surface area contributed by atoms with Crippen molar-refractivity contribution in [1.82, 2.24) is 0 Å². The summed E-state index contributed by atoms with van der Waals surface area (Å²) < 4.78 is 58.9. The van der Waals surface area contributed by atoms with Crippen molar-refractivity contribution in [2.75, 3.05) is 13.3 Å². The van der Waals surface area contributed by atoms with Crippen LogP contribution < -0.4 is 0 Å². The number of hydrogen-bond acceptors (Lipinski definition) is 3. The van der Waals surface area contributed by atoms with Crippen molar-refractivity contribution in [1.29, 1.82) is 0 Å². The van der Waals surface area contributed by atoms with Gasteiger partial charge in [0.2, 0.25) is 0 Å². The summed E-state index contributed by atoms with van der Waals surface area (Å²) in [6.07, 6.45) is 2.70. The maximum Gasteiger partial charge on any atom is 0.485 e. The molecule has 2 aromatic rings. The maximum absolute atomic E-state index is 10.7. The van der Waals surface area contributed by atoms with Gasteiger partial charge >= 0.3 is 5.51 Å². The second-order valence-corrected chi connectivity index (χ2v) is 12.8. The number of halogens is 3. The molecule has 1 fully saturated rings. The average molecular weight is 418 g/mol. The minimum Gasteiger partial charge on any atom is -0.741 e. The third-order valence-electron chi connectivity index (χ3n) is 4.97. The molecule has 0 radical (unpaired) electrons. The Morgan fingerprint density at radius 2 is 1.15 bits per heavy atom. The summed E-state index contributed by atoms with van der Waals surface area (Å²) in [4.78, 5) is 0. The lowest BCUT2D eigenvalue weighted by Gasteiger charge is -2.27. The number of benzene rings is 2. The van der Waals surface area contributed by atoms with E-state index in [0.717, 1.165) is 11.3 Å². The zero-order valence-electron chi connectivity index (χ0n) is 15.1. The molecule has 0 aliphatic carbocycles. The van der Waals surface area contributed by atoms with E-state index < -0.39 is 22.9 Å². The van der Waals surface area contributed by atoms with E-state index in [1.54, 1.807) is 11.1 Å². The van der Waals surface area contributed by atoms with E-state index in [9.17, 15) is 13.2 Å². The van der Waals surface area contributed by atoms with Crippen LogP contribution in [-0.4, -0.2) is 31.8 Å². The highest BCUT2D eigenvalue weighted by molar-refractivity contribution is 7.86. The second-order valence-electron chi connectivity index (χ2n) is 6.96. The van der Waals surface area contributed by atoms with Crippen LogP contribution in [0.1, 0.15) is 35.3 Å². The Morgan fingerprint density at radius 3 is 1.41 bits per heavy atom. The van der Waals surface area contributed by atoms with E-state index in [-0.39, 0.29) is 0 Å². The first-order valence-corrected chi connectivity index (χ1v) is 12.6. The lowest BCUT2D eigenvalue weighted by Crippen LogP contribution is -2.21. The molecule has 27 heavy (non-hydrogen) atoms. The summed E-state index contributed by atoms with van der Waals surface area (Å²) in [5.74, 6) is 0. The lowest BCUT2D eigenvalue weighted by molar-refractivity contribution is -0.0517. The standard InChI is InChI=1S/C18H22P.CHF3O3S/c1-19(2)17(15-9-5-3-6-10-15)13-14-18(19)16-11-7-4-8-12-16;2-1(3,4)8(5,6)7/h3-12,17-18H,13-14H2,1-2H3;(H,5,6,7)/q+1;/p-1/t17-,18-;/m1./s1. The molecule has 8 heteroatoms. The third kappa shape index (κ3) is 5.31. The second kappa shape index (κ2) is 8.29. The smallest absolute Gasteiger partial charge is 0.485 e. The average Bonchev–Trinajstić information content (AvgIpc) is 2.90. The van der Waals surface area contributed by atoms with Gasteiger partial charge in [0.1, 0.15) is 0 Å². The van der Waals surface area contributed by atoms with Crippen LogP contribution in [0.3, 0.4) is 0 Å². The number of hydrogen-bond donors (Lipinski definition) is 0. The van der Waals surface area contributed by atoms with Crippen molar-refractivity contribution >= 4 is 17.4 Å². The molecular weight excluding hydrogens is 396 g/mol. The predicted molar refractivity (Wildman–Crippen MR) is 102 cm³/mol. The van der Waals surface area contributed by atoms with E-state index in [2.05, 4.69) is 74.0 Å². The monoisotopic (exact) mass is 418 g/mol. The zero-order valence-corrected chi connectivity index (χ0v) is 16.8. The Morgan fingerprint density at radius 1 is 0.852 bits per heavy atom. The van der Waals surface area contributed by atoms with Crippen molar-refractivity contribution in [3.05, 3.63) is 71.8 Å². The molecule has 0 bridgehead atoms. The van der Waals surface area contributed by atoms with Crippen LogP contribution in [0.25, 0.3) is 0 Å². The normalized spacial score (nSPS) is 22.0. The molecule has 2 atom stereocenters. The van der Waals surface area contributed by atoms with Gasteiger partial charge in [-0.3, -0.25) is 0 Å². The zero-order chi connectivity index (χ0) is 20.3. The predicted octanol–water partition coefficient (Wildman–Crippen LogP) is 5.59. The molecular formula is C19H22F3O3PS. The topological polar surface area (TPSA) is 57.2 Å². The first kappa shape index (κ1) is 21.9. The van der Waals surface area contributed by atoms with Gasteiger partial charge in [-0.05, 0) is 24.0 Å². The van der Waals surface area contributed by atoms with E-state index in [1.807, 2.05) is 0 Å². The minimum absolute atomic E-state index is 0.791. The highest BCUT2D eigenvalue weighted by Gasteiger charge is 2.50. The third-order valence-corrected chi connectivity index (χ3v) is 9.87. The SMILES string of the molecule is C[P+]1(C)[C@@H](c2ccccc2)CC[C@@H]1c1ccccc1.O=S(=O)([O-])C(F)(F)F. The fourth-order valence-corrected chi connectivity index (χ4v) is 7.60. The highest BCUT2D eigenvalue weighted by atomic mass is 32.2. The van der Waals surface area contributed by atoms with Gasteiger partial charge in [-0.15, -0.1) is 0 Å². The van der Waals surface area contributed by atoms with Crippen LogP contribution in [-0.2, 0) is 10.1 Å². The Balaban J connectivity index is 0.000000279. The molecule has 0 unspecified atom stereocenters. The Bertz CT molecular complexity index is 788. The van der Waals surface area contributed by atoms with Crippen molar-refractivity contribution in [2.45, 2.75) is 29.7 Å². The van der Waals surface area contributed by atoms with Gasteiger partial charge in [0.05, 0.1) is 11.3 Å². The Kier molecular flexibility index (Phi) is 6.72.